The van der Waals surface area contributed by atoms with Crippen molar-refractivity contribution in [1.29, 1.82) is 0 Å². The first-order valence-electron chi connectivity index (χ1n) is 9.46. The van der Waals surface area contributed by atoms with E-state index >= 15 is 0 Å². The molecule has 0 unspecified atom stereocenters. The smallest absolute Gasteiger partial charge is 0.232 e. The highest BCUT2D eigenvalue weighted by molar-refractivity contribution is 7.13. The number of anilines is 1. The molecule has 9 heteroatoms. The molecule has 0 aliphatic rings. The molecular formula is C21H24N6O2S. The van der Waals surface area contributed by atoms with E-state index in [1.165, 1.54) is 11.3 Å². The van der Waals surface area contributed by atoms with Gasteiger partial charge in [0.25, 0.3) is 0 Å². The first-order chi connectivity index (χ1) is 14.4. The third-order valence-electron chi connectivity index (χ3n) is 4.68. The number of hydrogen-bond donors (Lipinski definition) is 2. The van der Waals surface area contributed by atoms with E-state index in [4.69, 9.17) is 20.8 Å². The van der Waals surface area contributed by atoms with Crippen molar-refractivity contribution in [2.75, 3.05) is 32.4 Å². The van der Waals surface area contributed by atoms with Crippen molar-refractivity contribution in [3.8, 4) is 27.8 Å². The van der Waals surface area contributed by atoms with Gasteiger partial charge in [0.15, 0.2) is 11.6 Å². The molecule has 4 N–H and O–H groups in total. The number of thiophene rings is 1. The fourth-order valence-electron chi connectivity index (χ4n) is 3.14. The summed E-state index contributed by atoms with van der Waals surface area (Å²) >= 11 is 1.54. The third kappa shape index (κ3) is 4.01. The molecule has 0 aliphatic carbocycles. The SMILES string of the molecule is Cc1c(-c2ccc(OCCN(C)C)cc2)oc2nc(-c3cccs3)nc(N(N)N)c12. The number of ether oxygens (including phenoxy) is 1. The van der Waals surface area contributed by atoms with E-state index in [-0.39, 0.29) is 0 Å². The molecular weight excluding hydrogens is 400 g/mol. The summed E-state index contributed by atoms with van der Waals surface area (Å²) in [6.07, 6.45) is 0. The standard InChI is InChI=1S/C21H24N6O2S/c1-13-17-20(27(22)23)24-19(16-5-4-12-30-16)25-21(17)29-18(13)14-6-8-15(9-7-14)28-11-10-26(2)3/h4-9,12H,10-11,22-23H2,1-3H3. The topological polar surface area (TPSA) is 107 Å². The van der Waals surface area contributed by atoms with Gasteiger partial charge in [0.05, 0.1) is 10.3 Å². The number of hydrazine groups is 2. The lowest BCUT2D eigenvalue weighted by atomic mass is 10.1. The number of furan rings is 1. The van der Waals surface area contributed by atoms with Gasteiger partial charge in [0.2, 0.25) is 5.71 Å². The number of aromatic nitrogens is 2. The van der Waals surface area contributed by atoms with Gasteiger partial charge in [0.1, 0.15) is 18.1 Å². The van der Waals surface area contributed by atoms with Crippen molar-refractivity contribution < 1.29 is 9.15 Å². The third-order valence-corrected chi connectivity index (χ3v) is 5.55. The number of likely N-dealkylation sites (N-methyl/N-ethyl adjacent to an activating group) is 1. The number of nitrogens with zero attached hydrogens (tertiary/aromatic N) is 4. The summed E-state index contributed by atoms with van der Waals surface area (Å²) in [5, 5.41) is 3.67. The Hall–Kier alpha value is -2.98. The number of benzene rings is 1. The number of fused-ring (bicyclic) bond motifs is 1. The summed E-state index contributed by atoms with van der Waals surface area (Å²) in [6, 6.07) is 11.7. The molecule has 4 rings (SSSR count). The summed E-state index contributed by atoms with van der Waals surface area (Å²) in [7, 11) is 4.03. The van der Waals surface area contributed by atoms with E-state index in [0.717, 1.165) is 33.4 Å². The second-order valence-electron chi connectivity index (χ2n) is 7.17. The van der Waals surface area contributed by atoms with Gasteiger partial charge in [0, 0.05) is 17.7 Å². The van der Waals surface area contributed by atoms with Crippen LogP contribution in [0.1, 0.15) is 5.56 Å². The van der Waals surface area contributed by atoms with Gasteiger partial charge in [-0.3, -0.25) is 0 Å². The summed E-state index contributed by atoms with van der Waals surface area (Å²) in [6.45, 7) is 3.43. The van der Waals surface area contributed by atoms with Gasteiger partial charge in [-0.25, -0.2) is 21.8 Å². The largest absolute Gasteiger partial charge is 0.492 e. The zero-order chi connectivity index (χ0) is 21.3. The summed E-state index contributed by atoms with van der Waals surface area (Å²) in [5.74, 6) is 14.2. The molecule has 0 fully saturated rings. The Kier molecular flexibility index (Phi) is 5.69. The lowest BCUT2D eigenvalue weighted by Gasteiger charge is -2.12. The highest BCUT2D eigenvalue weighted by Gasteiger charge is 2.21. The van der Waals surface area contributed by atoms with Crippen LogP contribution in [-0.2, 0) is 0 Å². The maximum Gasteiger partial charge on any atom is 0.232 e. The zero-order valence-corrected chi connectivity index (χ0v) is 17.9. The van der Waals surface area contributed by atoms with Gasteiger partial charge < -0.3 is 14.1 Å². The molecule has 0 aliphatic heterocycles. The lowest BCUT2D eigenvalue weighted by molar-refractivity contribution is 0.261. The van der Waals surface area contributed by atoms with Crippen molar-refractivity contribution in [2.45, 2.75) is 6.92 Å². The Bertz CT molecular complexity index is 1140. The minimum absolute atomic E-state index is 0.416. The Morgan fingerprint density at radius 1 is 1.10 bits per heavy atom. The highest BCUT2D eigenvalue weighted by atomic mass is 32.1. The first kappa shape index (κ1) is 20.3. The van der Waals surface area contributed by atoms with E-state index < -0.39 is 0 Å². The second-order valence-corrected chi connectivity index (χ2v) is 8.12. The number of hydrogen-bond acceptors (Lipinski definition) is 9. The first-order valence-corrected chi connectivity index (χ1v) is 10.3. The van der Waals surface area contributed by atoms with Gasteiger partial charge in [-0.1, -0.05) is 6.07 Å². The fraction of sp³-hybridized carbons (Fsp3) is 0.238. The monoisotopic (exact) mass is 424 g/mol. The molecule has 0 amide bonds. The molecule has 0 saturated carbocycles. The molecule has 8 nitrogen and oxygen atoms in total. The molecule has 0 spiro atoms. The Morgan fingerprint density at radius 3 is 2.50 bits per heavy atom. The van der Waals surface area contributed by atoms with Crippen LogP contribution in [0.3, 0.4) is 0 Å². The van der Waals surface area contributed by atoms with E-state index in [2.05, 4.69) is 14.9 Å². The predicted molar refractivity (Wildman–Crippen MR) is 120 cm³/mol. The molecule has 1 aromatic carbocycles. The van der Waals surface area contributed by atoms with Crippen molar-refractivity contribution in [3.63, 3.8) is 0 Å². The van der Waals surface area contributed by atoms with E-state index in [1.54, 1.807) is 0 Å². The number of rotatable bonds is 7. The molecule has 0 atom stereocenters. The Morgan fingerprint density at radius 2 is 1.87 bits per heavy atom. The Balaban J connectivity index is 1.71. The van der Waals surface area contributed by atoms with Crippen molar-refractivity contribution in [2.24, 2.45) is 11.7 Å². The van der Waals surface area contributed by atoms with Crippen LogP contribution in [0, 0.1) is 6.92 Å². The van der Waals surface area contributed by atoms with Crippen molar-refractivity contribution in [3.05, 3.63) is 47.3 Å². The van der Waals surface area contributed by atoms with E-state index in [0.29, 0.717) is 35.1 Å². The van der Waals surface area contributed by atoms with Crippen molar-refractivity contribution in [1.82, 2.24) is 14.9 Å². The minimum atomic E-state index is 0.416. The van der Waals surface area contributed by atoms with Gasteiger partial charge in [-0.15, -0.1) is 11.3 Å². The van der Waals surface area contributed by atoms with Crippen LogP contribution in [0.25, 0.3) is 33.1 Å². The quantitative estimate of drug-likeness (QED) is 0.343. The Labute approximate surface area is 178 Å². The molecule has 4 aromatic rings. The van der Waals surface area contributed by atoms with Crippen LogP contribution in [0.15, 0.2) is 46.2 Å². The van der Waals surface area contributed by atoms with Crippen LogP contribution in [-0.4, -0.2) is 42.1 Å². The van der Waals surface area contributed by atoms with E-state index in [1.807, 2.05) is 62.8 Å². The fourth-order valence-corrected chi connectivity index (χ4v) is 3.80. The zero-order valence-electron chi connectivity index (χ0n) is 17.1. The molecule has 30 heavy (non-hydrogen) atoms. The molecule has 0 bridgehead atoms. The molecule has 3 aromatic heterocycles. The van der Waals surface area contributed by atoms with Crippen LogP contribution >= 0.6 is 11.3 Å². The minimum Gasteiger partial charge on any atom is -0.492 e. The second kappa shape index (κ2) is 8.41. The van der Waals surface area contributed by atoms with Crippen LogP contribution in [0.5, 0.6) is 5.75 Å². The molecule has 0 radical (unpaired) electrons. The highest BCUT2D eigenvalue weighted by Crippen LogP contribution is 2.37. The summed E-state index contributed by atoms with van der Waals surface area (Å²) in [4.78, 5) is 12.2. The maximum absolute atomic E-state index is 6.14. The molecule has 0 saturated heterocycles. The van der Waals surface area contributed by atoms with Gasteiger partial charge in [-0.2, -0.15) is 4.98 Å². The maximum atomic E-state index is 6.14. The van der Waals surface area contributed by atoms with Crippen LogP contribution in [0.4, 0.5) is 5.82 Å². The predicted octanol–water partition coefficient (Wildman–Crippen LogP) is 3.42. The average molecular weight is 425 g/mol. The van der Waals surface area contributed by atoms with E-state index in [9.17, 15) is 0 Å². The summed E-state index contributed by atoms with van der Waals surface area (Å²) < 4.78 is 11.9. The van der Waals surface area contributed by atoms with Gasteiger partial charge >= 0.3 is 0 Å². The normalized spacial score (nSPS) is 11.4. The molecule has 156 valence electrons. The molecule has 3 heterocycles. The van der Waals surface area contributed by atoms with Crippen LogP contribution in [0.2, 0.25) is 0 Å². The summed E-state index contributed by atoms with van der Waals surface area (Å²) in [5.41, 5.74) is 2.23. The number of nitrogens with two attached hydrogens (primary N) is 2. The average Bonchev–Trinajstić information content (AvgIpc) is 3.36. The lowest BCUT2D eigenvalue weighted by Crippen LogP contribution is -2.38. The van der Waals surface area contributed by atoms with Crippen molar-refractivity contribution >= 4 is 28.3 Å². The van der Waals surface area contributed by atoms with Crippen LogP contribution < -0.4 is 21.5 Å². The number of aryl methyl sites for hydroxylation is 1. The van der Waals surface area contributed by atoms with Gasteiger partial charge in [-0.05, 0) is 56.7 Å².